The van der Waals surface area contributed by atoms with Crippen LogP contribution in [0.3, 0.4) is 0 Å². The maximum atomic E-state index is 12.9. The van der Waals surface area contributed by atoms with Gasteiger partial charge in [-0.1, -0.05) is 19.9 Å². The van der Waals surface area contributed by atoms with Crippen molar-refractivity contribution in [3.63, 3.8) is 0 Å². The summed E-state index contributed by atoms with van der Waals surface area (Å²) in [4.78, 5) is 24.3. The predicted molar refractivity (Wildman–Crippen MR) is 109 cm³/mol. The summed E-state index contributed by atoms with van der Waals surface area (Å²) < 4.78 is 37.6. The summed E-state index contributed by atoms with van der Waals surface area (Å²) in [6.07, 6.45) is -0.0365. The SMILES string of the molecule is Cc1ccc(NC(=O)[C@@H](C)OC(=O)CCC(C)C)cc1S(=O)(=O)N1CCOCC1. The fourth-order valence-electron chi connectivity index (χ4n) is 2.84. The number of hydrogen-bond donors (Lipinski definition) is 1. The first-order valence-electron chi connectivity index (χ1n) is 9.80. The van der Waals surface area contributed by atoms with Crippen molar-refractivity contribution >= 4 is 27.6 Å². The molecular formula is C20H30N2O6S. The van der Waals surface area contributed by atoms with Crippen LogP contribution in [-0.4, -0.2) is 57.0 Å². The van der Waals surface area contributed by atoms with Gasteiger partial charge in [-0.2, -0.15) is 4.31 Å². The highest BCUT2D eigenvalue weighted by Crippen LogP contribution is 2.24. The average Bonchev–Trinajstić information content (AvgIpc) is 2.68. The lowest BCUT2D eigenvalue weighted by Crippen LogP contribution is -2.40. The number of esters is 1. The summed E-state index contributed by atoms with van der Waals surface area (Å²) in [5, 5.41) is 2.63. The zero-order valence-corrected chi connectivity index (χ0v) is 18.3. The Morgan fingerprint density at radius 3 is 2.48 bits per heavy atom. The zero-order chi connectivity index (χ0) is 21.6. The Hall–Kier alpha value is -1.97. The van der Waals surface area contributed by atoms with Crippen LogP contribution in [0.25, 0.3) is 0 Å². The summed E-state index contributed by atoms with van der Waals surface area (Å²) in [5.74, 6) is -0.576. The number of rotatable bonds is 8. The Morgan fingerprint density at radius 1 is 1.21 bits per heavy atom. The summed E-state index contributed by atoms with van der Waals surface area (Å²) in [7, 11) is -3.69. The second-order valence-corrected chi connectivity index (χ2v) is 9.46. The van der Waals surface area contributed by atoms with E-state index in [2.05, 4.69) is 5.32 Å². The topological polar surface area (TPSA) is 102 Å². The van der Waals surface area contributed by atoms with Crippen molar-refractivity contribution in [2.24, 2.45) is 5.92 Å². The second kappa shape index (κ2) is 10.2. The Labute approximate surface area is 172 Å². The van der Waals surface area contributed by atoms with Gasteiger partial charge in [0.2, 0.25) is 10.0 Å². The third-order valence-electron chi connectivity index (χ3n) is 4.65. The maximum absolute atomic E-state index is 12.9. The third kappa shape index (κ3) is 6.52. The monoisotopic (exact) mass is 426 g/mol. The number of ether oxygens (including phenoxy) is 2. The molecule has 29 heavy (non-hydrogen) atoms. The minimum absolute atomic E-state index is 0.138. The molecule has 1 saturated heterocycles. The van der Waals surface area contributed by atoms with E-state index in [1.807, 2.05) is 13.8 Å². The van der Waals surface area contributed by atoms with E-state index in [-0.39, 0.29) is 11.3 Å². The molecule has 1 fully saturated rings. The van der Waals surface area contributed by atoms with E-state index in [1.54, 1.807) is 19.1 Å². The first-order chi connectivity index (χ1) is 13.6. The molecule has 1 aliphatic rings. The van der Waals surface area contributed by atoms with Gasteiger partial charge in [-0.15, -0.1) is 0 Å². The number of hydrogen-bond acceptors (Lipinski definition) is 6. The predicted octanol–water partition coefficient (Wildman–Crippen LogP) is 2.32. The molecule has 0 bridgehead atoms. The first-order valence-corrected chi connectivity index (χ1v) is 11.2. The first kappa shape index (κ1) is 23.3. The Bertz CT molecular complexity index is 831. The van der Waals surface area contributed by atoms with Crippen LogP contribution in [0.2, 0.25) is 0 Å². The molecule has 0 aliphatic carbocycles. The van der Waals surface area contributed by atoms with E-state index in [1.165, 1.54) is 17.3 Å². The van der Waals surface area contributed by atoms with Gasteiger partial charge in [0.05, 0.1) is 18.1 Å². The summed E-state index contributed by atoms with van der Waals surface area (Å²) in [6.45, 7) is 8.50. The number of aryl methyl sites for hydroxylation is 1. The largest absolute Gasteiger partial charge is 0.453 e. The molecule has 162 valence electrons. The van der Waals surface area contributed by atoms with Gasteiger partial charge in [0.15, 0.2) is 6.10 Å². The van der Waals surface area contributed by atoms with Crippen molar-refractivity contribution in [1.29, 1.82) is 0 Å². The van der Waals surface area contributed by atoms with Gasteiger partial charge < -0.3 is 14.8 Å². The van der Waals surface area contributed by atoms with Crippen molar-refractivity contribution in [3.05, 3.63) is 23.8 Å². The summed E-state index contributed by atoms with van der Waals surface area (Å²) in [5.41, 5.74) is 0.917. The number of amides is 1. The molecule has 2 rings (SSSR count). The smallest absolute Gasteiger partial charge is 0.306 e. The molecule has 1 aliphatic heterocycles. The summed E-state index contributed by atoms with van der Waals surface area (Å²) >= 11 is 0. The summed E-state index contributed by atoms with van der Waals surface area (Å²) in [6, 6.07) is 4.70. The molecule has 0 unspecified atom stereocenters. The van der Waals surface area contributed by atoms with E-state index in [4.69, 9.17) is 9.47 Å². The van der Waals surface area contributed by atoms with E-state index >= 15 is 0 Å². The molecular weight excluding hydrogens is 396 g/mol. The Balaban J connectivity index is 2.07. The van der Waals surface area contributed by atoms with Crippen LogP contribution < -0.4 is 5.32 Å². The van der Waals surface area contributed by atoms with Crippen LogP contribution in [0.4, 0.5) is 5.69 Å². The molecule has 1 N–H and O–H groups in total. The van der Waals surface area contributed by atoms with Crippen LogP contribution in [0.15, 0.2) is 23.1 Å². The molecule has 9 heteroatoms. The lowest BCUT2D eigenvalue weighted by atomic mass is 10.1. The standard InChI is InChI=1S/C20H30N2O6S/c1-14(2)5-8-19(23)28-16(4)20(24)21-17-7-6-15(3)18(13-17)29(25,26)22-9-11-27-12-10-22/h6-7,13-14,16H,5,8-12H2,1-4H3,(H,21,24)/t16-/m1/s1. The van der Waals surface area contributed by atoms with Crippen molar-refractivity contribution in [3.8, 4) is 0 Å². The average molecular weight is 427 g/mol. The van der Waals surface area contributed by atoms with E-state index in [0.717, 1.165) is 0 Å². The zero-order valence-electron chi connectivity index (χ0n) is 17.4. The lowest BCUT2D eigenvalue weighted by Gasteiger charge is -2.27. The van der Waals surface area contributed by atoms with Gasteiger partial charge in [-0.3, -0.25) is 9.59 Å². The minimum atomic E-state index is -3.69. The maximum Gasteiger partial charge on any atom is 0.306 e. The number of benzene rings is 1. The molecule has 1 atom stereocenters. The molecule has 1 amide bonds. The van der Waals surface area contributed by atoms with Crippen LogP contribution in [0, 0.1) is 12.8 Å². The third-order valence-corrected chi connectivity index (χ3v) is 6.69. The molecule has 0 aromatic heterocycles. The van der Waals surface area contributed by atoms with Crippen LogP contribution in [-0.2, 0) is 29.1 Å². The molecule has 8 nitrogen and oxygen atoms in total. The lowest BCUT2D eigenvalue weighted by molar-refractivity contribution is -0.153. The number of anilines is 1. The Morgan fingerprint density at radius 2 is 1.86 bits per heavy atom. The normalized spacial score (nSPS) is 16.4. The molecule has 1 heterocycles. The van der Waals surface area contributed by atoms with Crippen LogP contribution in [0.5, 0.6) is 0 Å². The number of carbonyl (C=O) groups excluding carboxylic acids is 2. The van der Waals surface area contributed by atoms with Crippen LogP contribution in [0.1, 0.15) is 39.2 Å². The van der Waals surface area contributed by atoms with Gasteiger partial charge in [-0.05, 0) is 43.9 Å². The van der Waals surface area contributed by atoms with Gasteiger partial charge in [0.25, 0.3) is 5.91 Å². The Kier molecular flexibility index (Phi) is 8.18. The molecule has 0 radical (unpaired) electrons. The van der Waals surface area contributed by atoms with Gasteiger partial charge in [0.1, 0.15) is 0 Å². The number of morpholine rings is 1. The van der Waals surface area contributed by atoms with Crippen molar-refractivity contribution in [2.45, 2.75) is 51.5 Å². The quantitative estimate of drug-likeness (QED) is 0.640. The number of carbonyl (C=O) groups is 2. The molecule has 1 aromatic carbocycles. The van der Waals surface area contributed by atoms with Gasteiger partial charge in [-0.25, -0.2) is 8.42 Å². The number of nitrogens with zero attached hydrogens (tertiary/aromatic N) is 1. The van der Waals surface area contributed by atoms with E-state index < -0.39 is 28.0 Å². The molecule has 0 spiro atoms. The molecule has 1 aromatic rings. The number of sulfonamides is 1. The van der Waals surface area contributed by atoms with Crippen molar-refractivity contribution in [2.75, 3.05) is 31.6 Å². The highest BCUT2D eigenvalue weighted by Gasteiger charge is 2.28. The van der Waals surface area contributed by atoms with E-state index in [9.17, 15) is 18.0 Å². The molecule has 0 saturated carbocycles. The van der Waals surface area contributed by atoms with Crippen LogP contribution >= 0.6 is 0 Å². The number of nitrogens with one attached hydrogen (secondary N) is 1. The fourth-order valence-corrected chi connectivity index (χ4v) is 4.50. The van der Waals surface area contributed by atoms with Crippen molar-refractivity contribution < 1.29 is 27.5 Å². The highest BCUT2D eigenvalue weighted by atomic mass is 32.2. The second-order valence-electron chi connectivity index (χ2n) is 7.55. The minimum Gasteiger partial charge on any atom is -0.453 e. The van der Waals surface area contributed by atoms with Gasteiger partial charge >= 0.3 is 5.97 Å². The fraction of sp³-hybridized carbons (Fsp3) is 0.600. The highest BCUT2D eigenvalue weighted by molar-refractivity contribution is 7.89. The van der Waals surface area contributed by atoms with E-state index in [0.29, 0.717) is 49.9 Å². The van der Waals surface area contributed by atoms with Gasteiger partial charge in [0, 0.05) is 25.2 Å². The van der Waals surface area contributed by atoms with Crippen molar-refractivity contribution in [1.82, 2.24) is 4.31 Å².